The van der Waals surface area contributed by atoms with E-state index in [1.165, 1.54) is 6.42 Å². The molecule has 1 aromatic rings. The van der Waals surface area contributed by atoms with E-state index in [0.29, 0.717) is 10.9 Å². The monoisotopic (exact) mass is 248 g/mol. The largest absolute Gasteiger partial charge is 0.477 e. The molecule has 0 radical (unpaired) electrons. The molecule has 0 saturated carbocycles. The number of hydrogen-bond donors (Lipinski definition) is 1. The molecule has 1 N–H and O–H groups in total. The summed E-state index contributed by atoms with van der Waals surface area (Å²) < 4.78 is 0.685. The molecule has 98 valence electrons. The van der Waals surface area contributed by atoms with E-state index in [0.717, 1.165) is 31.5 Å². The second-order valence-corrected chi connectivity index (χ2v) is 5.53. The third kappa shape index (κ3) is 2.91. The van der Waals surface area contributed by atoms with Crippen molar-refractivity contribution in [3.63, 3.8) is 0 Å². The number of likely N-dealkylation sites (N-methyl/N-ethyl adjacent to an activating group) is 1. The van der Waals surface area contributed by atoms with E-state index >= 15 is 0 Å². The summed E-state index contributed by atoms with van der Waals surface area (Å²) in [6.07, 6.45) is 4.17. The second-order valence-electron chi connectivity index (χ2n) is 5.53. The highest BCUT2D eigenvalue weighted by Gasteiger charge is 2.39. The molecule has 3 nitrogen and oxygen atoms in total. The molecule has 1 atom stereocenters. The minimum absolute atomic E-state index is 0.312. The summed E-state index contributed by atoms with van der Waals surface area (Å²) in [5.41, 5.74) is 1.12. The molecule has 1 aliphatic rings. The lowest BCUT2D eigenvalue weighted by Crippen LogP contribution is -2.59. The Morgan fingerprint density at radius 1 is 1.22 bits per heavy atom. The predicted molar refractivity (Wildman–Crippen MR) is 71.3 cm³/mol. The molecule has 1 heterocycles. The molecule has 1 unspecified atom stereocenters. The van der Waals surface area contributed by atoms with Crippen molar-refractivity contribution in [3.05, 3.63) is 35.9 Å². The van der Waals surface area contributed by atoms with Crippen LogP contribution in [0.1, 0.15) is 24.8 Å². The maximum Gasteiger partial charge on any atom is 0.362 e. The van der Waals surface area contributed by atoms with Gasteiger partial charge in [-0.05, 0) is 24.8 Å². The van der Waals surface area contributed by atoms with Gasteiger partial charge in [-0.2, -0.15) is 0 Å². The van der Waals surface area contributed by atoms with Gasteiger partial charge >= 0.3 is 5.97 Å². The van der Waals surface area contributed by atoms with Crippen LogP contribution in [0.2, 0.25) is 0 Å². The topological polar surface area (TPSA) is 37.3 Å². The molecule has 1 aromatic carbocycles. The lowest BCUT2D eigenvalue weighted by molar-refractivity contribution is -0.929. The Kier molecular flexibility index (Phi) is 4.02. The first-order valence-corrected chi connectivity index (χ1v) is 6.73. The number of carbonyl (C=O) groups is 1. The van der Waals surface area contributed by atoms with Crippen LogP contribution < -0.4 is 0 Å². The van der Waals surface area contributed by atoms with Crippen molar-refractivity contribution >= 4 is 5.97 Å². The second kappa shape index (κ2) is 5.53. The lowest BCUT2D eigenvalue weighted by Gasteiger charge is -2.42. The van der Waals surface area contributed by atoms with E-state index in [2.05, 4.69) is 7.05 Å². The number of piperidine rings is 1. The molecule has 3 heteroatoms. The molecule has 2 rings (SSSR count). The van der Waals surface area contributed by atoms with Gasteiger partial charge < -0.3 is 9.59 Å². The fraction of sp³-hybridized carbons (Fsp3) is 0.533. The first-order chi connectivity index (χ1) is 8.62. The average molecular weight is 248 g/mol. The van der Waals surface area contributed by atoms with Crippen molar-refractivity contribution in [2.45, 2.75) is 31.7 Å². The molecule has 0 aliphatic carbocycles. The van der Waals surface area contributed by atoms with Crippen molar-refractivity contribution in [1.29, 1.82) is 0 Å². The Morgan fingerprint density at radius 2 is 1.83 bits per heavy atom. The van der Waals surface area contributed by atoms with Gasteiger partial charge in [-0.1, -0.05) is 30.3 Å². The van der Waals surface area contributed by atoms with E-state index in [1.54, 1.807) is 0 Å². The van der Waals surface area contributed by atoms with E-state index in [9.17, 15) is 9.90 Å². The number of carboxylic acid groups (broad SMARTS) is 1. The smallest absolute Gasteiger partial charge is 0.362 e. The molecule has 0 bridgehead atoms. The first-order valence-electron chi connectivity index (χ1n) is 6.73. The van der Waals surface area contributed by atoms with Crippen LogP contribution in [-0.4, -0.2) is 41.7 Å². The van der Waals surface area contributed by atoms with E-state index < -0.39 is 5.97 Å². The maximum atomic E-state index is 11.6. The molecule has 1 aliphatic heterocycles. The molecular weight excluding hydrogens is 226 g/mol. The van der Waals surface area contributed by atoms with Gasteiger partial charge in [0.05, 0.1) is 20.1 Å². The van der Waals surface area contributed by atoms with Crippen LogP contribution in [0.25, 0.3) is 0 Å². The number of hydrogen-bond acceptors (Lipinski definition) is 1. The van der Waals surface area contributed by atoms with Crippen molar-refractivity contribution in [3.8, 4) is 0 Å². The van der Waals surface area contributed by atoms with Crippen LogP contribution in [0.4, 0.5) is 0 Å². The van der Waals surface area contributed by atoms with Gasteiger partial charge in [-0.15, -0.1) is 0 Å². The van der Waals surface area contributed by atoms with Crippen LogP contribution in [0.3, 0.4) is 0 Å². The number of likely N-dealkylation sites (tertiary alicyclic amines) is 1. The summed E-state index contributed by atoms with van der Waals surface area (Å²) >= 11 is 0. The van der Waals surface area contributed by atoms with Crippen LogP contribution in [0.5, 0.6) is 0 Å². The molecule has 1 fully saturated rings. The van der Waals surface area contributed by atoms with E-state index in [-0.39, 0.29) is 6.04 Å². The zero-order chi connectivity index (χ0) is 13.0. The first kappa shape index (κ1) is 13.1. The molecular formula is C15H22NO2+. The Hall–Kier alpha value is -1.35. The van der Waals surface area contributed by atoms with Crippen molar-refractivity contribution < 1.29 is 14.4 Å². The zero-order valence-electron chi connectivity index (χ0n) is 11.0. The summed E-state index contributed by atoms with van der Waals surface area (Å²) in [5, 5.41) is 9.54. The summed E-state index contributed by atoms with van der Waals surface area (Å²) in [7, 11) is 2.10. The van der Waals surface area contributed by atoms with Gasteiger partial charge in [0.25, 0.3) is 0 Å². The standard InChI is InChI=1S/C15H21NO2/c1-16(10-6-3-7-11-16)14(15(17)18)12-13-8-4-2-5-9-13/h2,4-5,8-9,14H,3,6-7,10-12H2,1H3/p+1. The van der Waals surface area contributed by atoms with Crippen molar-refractivity contribution in [2.24, 2.45) is 0 Å². The van der Waals surface area contributed by atoms with E-state index in [4.69, 9.17) is 0 Å². The fourth-order valence-electron chi connectivity index (χ4n) is 2.96. The Bertz CT molecular complexity index is 396. The summed E-state index contributed by atoms with van der Waals surface area (Å²) in [6, 6.07) is 9.65. The zero-order valence-corrected chi connectivity index (χ0v) is 11.0. The van der Waals surface area contributed by atoms with Gasteiger partial charge in [0.15, 0.2) is 6.04 Å². The molecule has 0 spiro atoms. The lowest BCUT2D eigenvalue weighted by atomic mass is 9.99. The van der Waals surface area contributed by atoms with Crippen LogP contribution in [0, 0.1) is 0 Å². The number of aliphatic carboxylic acids is 1. The van der Waals surface area contributed by atoms with Crippen LogP contribution >= 0.6 is 0 Å². The number of nitrogens with zero attached hydrogens (tertiary/aromatic N) is 1. The minimum Gasteiger partial charge on any atom is -0.477 e. The van der Waals surface area contributed by atoms with Crippen LogP contribution in [0.15, 0.2) is 30.3 Å². The van der Waals surface area contributed by atoms with Gasteiger partial charge in [0.1, 0.15) is 0 Å². The Labute approximate surface area is 109 Å². The van der Waals surface area contributed by atoms with E-state index in [1.807, 2.05) is 30.3 Å². The third-order valence-electron chi connectivity index (χ3n) is 4.15. The molecule has 0 amide bonds. The number of rotatable bonds is 4. The minimum atomic E-state index is -0.664. The quantitative estimate of drug-likeness (QED) is 0.830. The normalized spacial score (nSPS) is 20.3. The summed E-state index contributed by atoms with van der Waals surface area (Å²) in [6.45, 7) is 1.98. The third-order valence-corrected chi connectivity index (χ3v) is 4.15. The summed E-state index contributed by atoms with van der Waals surface area (Å²) in [4.78, 5) is 11.6. The number of benzene rings is 1. The fourth-order valence-corrected chi connectivity index (χ4v) is 2.96. The molecule has 0 aromatic heterocycles. The van der Waals surface area contributed by atoms with Crippen molar-refractivity contribution in [1.82, 2.24) is 0 Å². The number of carboxylic acids is 1. The van der Waals surface area contributed by atoms with Gasteiger partial charge in [0.2, 0.25) is 0 Å². The molecule has 18 heavy (non-hydrogen) atoms. The Morgan fingerprint density at radius 3 is 2.39 bits per heavy atom. The highest BCUT2D eigenvalue weighted by molar-refractivity contribution is 5.72. The SMILES string of the molecule is C[N+]1(C(Cc2ccccc2)C(=O)O)CCCCC1. The van der Waals surface area contributed by atoms with Gasteiger partial charge in [-0.3, -0.25) is 0 Å². The molecule has 1 saturated heterocycles. The van der Waals surface area contributed by atoms with Crippen molar-refractivity contribution in [2.75, 3.05) is 20.1 Å². The Balaban J connectivity index is 2.15. The maximum absolute atomic E-state index is 11.6. The van der Waals surface area contributed by atoms with Gasteiger partial charge in [-0.25, -0.2) is 4.79 Å². The highest BCUT2D eigenvalue weighted by atomic mass is 16.4. The average Bonchev–Trinajstić information content (AvgIpc) is 2.37. The summed E-state index contributed by atoms with van der Waals surface area (Å²) in [5.74, 6) is -0.664. The van der Waals surface area contributed by atoms with Crippen LogP contribution in [-0.2, 0) is 11.2 Å². The predicted octanol–water partition coefficient (Wildman–Crippen LogP) is 2.31. The highest BCUT2D eigenvalue weighted by Crippen LogP contribution is 2.23. The number of quaternary nitrogens is 1. The van der Waals surface area contributed by atoms with Gasteiger partial charge in [0, 0.05) is 6.42 Å².